The molecule has 0 aliphatic carbocycles. The molecule has 2 N–H and O–H groups in total. The molecule has 2 heterocycles. The molecule has 0 bridgehead atoms. The van der Waals surface area contributed by atoms with Crippen LogP contribution in [0.5, 0.6) is 0 Å². The van der Waals surface area contributed by atoms with Crippen molar-refractivity contribution in [3.8, 4) is 0 Å². The lowest BCUT2D eigenvalue weighted by atomic mass is 10.3. The summed E-state index contributed by atoms with van der Waals surface area (Å²) in [5.41, 5.74) is 0. The molecule has 1 unspecified atom stereocenters. The van der Waals surface area contributed by atoms with Gasteiger partial charge in [0.05, 0.1) is 11.8 Å². The quantitative estimate of drug-likeness (QED) is 0.855. The molecule has 2 rings (SSSR count). The lowest BCUT2D eigenvalue weighted by molar-refractivity contribution is -0.119. The first kappa shape index (κ1) is 13.2. The number of thiophene rings is 1. The maximum absolute atomic E-state index is 11.7. The summed E-state index contributed by atoms with van der Waals surface area (Å²) in [5, 5.41) is 4.96. The third kappa shape index (κ3) is 3.89. The van der Waals surface area contributed by atoms with Gasteiger partial charge >= 0.3 is 0 Å². The monoisotopic (exact) mass is 281 g/mol. The third-order valence-electron chi connectivity index (χ3n) is 2.36. The molecule has 0 aliphatic rings. The highest BCUT2D eigenvalue weighted by molar-refractivity contribution is 7.99. The molecule has 2 aromatic rings. The van der Waals surface area contributed by atoms with Gasteiger partial charge in [-0.3, -0.25) is 4.79 Å². The Kier molecular flexibility index (Phi) is 4.83. The molecule has 0 aromatic carbocycles. The first-order chi connectivity index (χ1) is 8.75. The number of nitrogens with zero attached hydrogens (tertiary/aromatic N) is 1. The summed E-state index contributed by atoms with van der Waals surface area (Å²) >= 11 is 3.35. The van der Waals surface area contributed by atoms with E-state index in [1.165, 1.54) is 4.88 Å². The van der Waals surface area contributed by atoms with E-state index in [4.69, 9.17) is 0 Å². The Balaban J connectivity index is 1.69. The van der Waals surface area contributed by atoms with Gasteiger partial charge in [-0.25, -0.2) is 4.98 Å². The Morgan fingerprint density at radius 1 is 1.67 bits per heavy atom. The van der Waals surface area contributed by atoms with E-state index in [9.17, 15) is 4.79 Å². The van der Waals surface area contributed by atoms with Crippen LogP contribution in [-0.2, 0) is 10.5 Å². The number of carbonyl (C=O) groups is 1. The standard InChI is InChI=1S/C12H15N3OS2/c1-9(12-13-4-5-14-12)15-11(16)8-17-7-10-3-2-6-18-10/h2-6,9H,7-8H2,1H3,(H,13,14)(H,15,16). The smallest absolute Gasteiger partial charge is 0.230 e. The topological polar surface area (TPSA) is 57.8 Å². The molecule has 0 saturated carbocycles. The van der Waals surface area contributed by atoms with E-state index in [-0.39, 0.29) is 11.9 Å². The predicted molar refractivity (Wildman–Crippen MR) is 75.6 cm³/mol. The number of hydrogen-bond acceptors (Lipinski definition) is 4. The molecule has 1 atom stereocenters. The Labute approximate surface area is 114 Å². The summed E-state index contributed by atoms with van der Waals surface area (Å²) in [4.78, 5) is 20.1. The lowest BCUT2D eigenvalue weighted by Crippen LogP contribution is -2.28. The number of hydrogen-bond donors (Lipinski definition) is 2. The summed E-state index contributed by atoms with van der Waals surface area (Å²) in [5.74, 6) is 2.19. The molecule has 18 heavy (non-hydrogen) atoms. The molecule has 4 nitrogen and oxygen atoms in total. The highest BCUT2D eigenvalue weighted by Crippen LogP contribution is 2.17. The van der Waals surface area contributed by atoms with Crippen LogP contribution in [0.1, 0.15) is 23.7 Å². The van der Waals surface area contributed by atoms with Crippen molar-refractivity contribution in [2.75, 3.05) is 5.75 Å². The van der Waals surface area contributed by atoms with Gasteiger partial charge in [-0.05, 0) is 18.4 Å². The van der Waals surface area contributed by atoms with E-state index in [0.717, 1.165) is 11.6 Å². The second kappa shape index (κ2) is 6.61. The molecule has 0 radical (unpaired) electrons. The fraction of sp³-hybridized carbons (Fsp3) is 0.333. The van der Waals surface area contributed by atoms with Gasteiger partial charge in [0.15, 0.2) is 0 Å². The van der Waals surface area contributed by atoms with E-state index >= 15 is 0 Å². The predicted octanol–water partition coefficient (Wildman–Crippen LogP) is 2.58. The van der Waals surface area contributed by atoms with Crippen molar-refractivity contribution in [1.29, 1.82) is 0 Å². The fourth-order valence-electron chi connectivity index (χ4n) is 1.50. The minimum atomic E-state index is -0.0742. The molecule has 1 amide bonds. The molecule has 0 fully saturated rings. The number of aromatic nitrogens is 2. The summed E-state index contributed by atoms with van der Waals surface area (Å²) in [6.45, 7) is 1.92. The second-order valence-corrected chi connectivity index (χ2v) is 5.85. The summed E-state index contributed by atoms with van der Waals surface area (Å²) in [7, 11) is 0. The zero-order valence-corrected chi connectivity index (χ0v) is 11.7. The minimum Gasteiger partial charge on any atom is -0.347 e. The summed E-state index contributed by atoms with van der Waals surface area (Å²) in [6, 6.07) is 4.04. The van der Waals surface area contributed by atoms with E-state index in [1.807, 2.05) is 13.0 Å². The molecule has 96 valence electrons. The number of thioether (sulfide) groups is 1. The molecule has 6 heteroatoms. The molecular formula is C12H15N3OS2. The number of nitrogens with one attached hydrogen (secondary N) is 2. The van der Waals surface area contributed by atoms with Crippen LogP contribution in [-0.4, -0.2) is 21.6 Å². The van der Waals surface area contributed by atoms with Crippen LogP contribution in [0.25, 0.3) is 0 Å². The molecule has 0 saturated heterocycles. The van der Waals surface area contributed by atoms with Crippen LogP contribution in [0, 0.1) is 0 Å². The van der Waals surface area contributed by atoms with Crippen molar-refractivity contribution in [3.63, 3.8) is 0 Å². The number of carbonyl (C=O) groups excluding carboxylic acids is 1. The van der Waals surface area contributed by atoms with Gasteiger partial charge in [-0.2, -0.15) is 0 Å². The molecule has 0 spiro atoms. The SMILES string of the molecule is CC(NC(=O)CSCc1cccs1)c1ncc[nH]1. The maximum Gasteiger partial charge on any atom is 0.230 e. The van der Waals surface area contributed by atoms with Crippen LogP contribution in [0.3, 0.4) is 0 Å². The Hall–Kier alpha value is -1.27. The Bertz CT molecular complexity index is 467. The van der Waals surface area contributed by atoms with Crippen molar-refractivity contribution < 1.29 is 4.79 Å². The highest BCUT2D eigenvalue weighted by atomic mass is 32.2. The Morgan fingerprint density at radius 2 is 2.56 bits per heavy atom. The van der Waals surface area contributed by atoms with Gasteiger partial charge in [0.1, 0.15) is 5.82 Å². The highest BCUT2D eigenvalue weighted by Gasteiger charge is 2.11. The minimum absolute atomic E-state index is 0.0421. The number of aromatic amines is 1. The largest absolute Gasteiger partial charge is 0.347 e. The van der Waals surface area contributed by atoms with E-state index in [1.54, 1.807) is 35.5 Å². The molecule has 0 aliphatic heterocycles. The van der Waals surface area contributed by atoms with E-state index < -0.39 is 0 Å². The van der Waals surface area contributed by atoms with Crippen LogP contribution in [0.2, 0.25) is 0 Å². The zero-order chi connectivity index (χ0) is 12.8. The van der Waals surface area contributed by atoms with Crippen molar-refractivity contribution in [2.45, 2.75) is 18.7 Å². The van der Waals surface area contributed by atoms with E-state index in [0.29, 0.717) is 5.75 Å². The zero-order valence-electron chi connectivity index (χ0n) is 10.1. The normalized spacial score (nSPS) is 12.3. The molecular weight excluding hydrogens is 266 g/mol. The van der Waals surface area contributed by atoms with Crippen molar-refractivity contribution in [3.05, 3.63) is 40.6 Å². The number of amides is 1. The van der Waals surface area contributed by atoms with Crippen LogP contribution in [0.15, 0.2) is 29.9 Å². The maximum atomic E-state index is 11.7. The van der Waals surface area contributed by atoms with Crippen LogP contribution >= 0.6 is 23.1 Å². The van der Waals surface area contributed by atoms with Crippen LogP contribution in [0.4, 0.5) is 0 Å². The van der Waals surface area contributed by atoms with Gasteiger partial charge < -0.3 is 10.3 Å². The van der Waals surface area contributed by atoms with Gasteiger partial charge in [0.25, 0.3) is 0 Å². The van der Waals surface area contributed by atoms with Crippen molar-refractivity contribution in [2.24, 2.45) is 0 Å². The first-order valence-electron chi connectivity index (χ1n) is 5.64. The van der Waals surface area contributed by atoms with Crippen molar-refractivity contribution in [1.82, 2.24) is 15.3 Å². The number of rotatable bonds is 6. The lowest BCUT2D eigenvalue weighted by Gasteiger charge is -2.10. The third-order valence-corrected chi connectivity index (χ3v) is 4.41. The number of H-pyrrole nitrogens is 1. The second-order valence-electron chi connectivity index (χ2n) is 3.84. The van der Waals surface area contributed by atoms with Crippen LogP contribution < -0.4 is 5.32 Å². The average molecular weight is 281 g/mol. The average Bonchev–Trinajstić information content (AvgIpc) is 3.02. The summed E-state index contributed by atoms with van der Waals surface area (Å²) < 4.78 is 0. The van der Waals surface area contributed by atoms with Gasteiger partial charge in [0, 0.05) is 23.0 Å². The van der Waals surface area contributed by atoms with Gasteiger partial charge in [-0.15, -0.1) is 23.1 Å². The van der Waals surface area contributed by atoms with Gasteiger partial charge in [0.2, 0.25) is 5.91 Å². The fourth-order valence-corrected chi connectivity index (χ4v) is 3.18. The first-order valence-corrected chi connectivity index (χ1v) is 7.68. The van der Waals surface area contributed by atoms with E-state index in [2.05, 4.69) is 26.7 Å². The molecule has 2 aromatic heterocycles. The number of imidazole rings is 1. The Morgan fingerprint density at radius 3 is 3.22 bits per heavy atom. The van der Waals surface area contributed by atoms with Crippen molar-refractivity contribution >= 4 is 29.0 Å². The summed E-state index contributed by atoms with van der Waals surface area (Å²) in [6.07, 6.45) is 3.44. The van der Waals surface area contributed by atoms with Gasteiger partial charge in [-0.1, -0.05) is 6.07 Å².